The Morgan fingerprint density at radius 1 is 1.37 bits per heavy atom. The van der Waals surface area contributed by atoms with Gasteiger partial charge in [0.1, 0.15) is 0 Å². The van der Waals surface area contributed by atoms with Gasteiger partial charge in [-0.05, 0) is 52.7 Å². The van der Waals surface area contributed by atoms with E-state index in [4.69, 9.17) is 16.7 Å². The molecule has 0 aliphatic rings. The summed E-state index contributed by atoms with van der Waals surface area (Å²) in [6, 6.07) is 8.77. The number of carboxylic acid groups (broad SMARTS) is 1. The van der Waals surface area contributed by atoms with Crippen molar-refractivity contribution in [2.45, 2.75) is 6.42 Å². The Morgan fingerprint density at radius 2 is 2.16 bits per heavy atom. The Labute approximate surface area is 128 Å². The maximum atomic E-state index is 11.1. The highest BCUT2D eigenvalue weighted by atomic mass is 79.9. The van der Waals surface area contributed by atoms with Crippen molar-refractivity contribution in [3.05, 3.63) is 49.6 Å². The average Bonchev–Trinajstić information content (AvgIpc) is 2.75. The van der Waals surface area contributed by atoms with Gasteiger partial charge < -0.3 is 10.4 Å². The summed E-state index contributed by atoms with van der Waals surface area (Å²) < 4.78 is 1.09. The summed E-state index contributed by atoms with van der Waals surface area (Å²) in [7, 11) is 0. The second kappa shape index (κ2) is 6.41. The quantitative estimate of drug-likeness (QED) is 0.824. The van der Waals surface area contributed by atoms with E-state index in [1.165, 1.54) is 10.9 Å². The van der Waals surface area contributed by atoms with Gasteiger partial charge in [-0.15, -0.1) is 11.3 Å². The summed E-state index contributed by atoms with van der Waals surface area (Å²) in [4.78, 5) is 12.3. The summed E-state index contributed by atoms with van der Waals surface area (Å²) in [6.07, 6.45) is 0.835. The van der Waals surface area contributed by atoms with Crippen molar-refractivity contribution >= 4 is 50.5 Å². The molecule has 0 aliphatic heterocycles. The molecule has 0 atom stereocenters. The summed E-state index contributed by atoms with van der Waals surface area (Å²) in [5.74, 6) is -0.960. The molecule has 2 rings (SSSR count). The molecule has 3 nitrogen and oxygen atoms in total. The van der Waals surface area contributed by atoms with E-state index < -0.39 is 5.97 Å². The van der Waals surface area contributed by atoms with Crippen molar-refractivity contribution in [2.24, 2.45) is 0 Å². The van der Waals surface area contributed by atoms with E-state index in [0.29, 0.717) is 17.3 Å². The number of carboxylic acids is 1. The lowest BCUT2D eigenvalue weighted by Gasteiger charge is -2.09. The van der Waals surface area contributed by atoms with Crippen LogP contribution < -0.4 is 5.32 Å². The SMILES string of the molecule is O=C(O)c1ccc(Cl)cc1NCCc1ccc(Br)s1. The Bertz CT molecular complexity index is 600. The van der Waals surface area contributed by atoms with Crippen molar-refractivity contribution < 1.29 is 9.90 Å². The minimum absolute atomic E-state index is 0.233. The molecule has 0 saturated heterocycles. The first-order chi connectivity index (χ1) is 9.06. The first-order valence-electron chi connectivity index (χ1n) is 5.57. The zero-order valence-electron chi connectivity index (χ0n) is 9.82. The fourth-order valence-electron chi connectivity index (χ4n) is 1.66. The molecule has 0 fully saturated rings. The average molecular weight is 361 g/mol. The van der Waals surface area contributed by atoms with Crippen molar-refractivity contribution in [3.63, 3.8) is 0 Å². The molecule has 0 saturated carbocycles. The molecule has 0 bridgehead atoms. The Kier molecular flexibility index (Phi) is 4.85. The normalized spacial score (nSPS) is 10.4. The number of rotatable bonds is 5. The van der Waals surface area contributed by atoms with Crippen LogP contribution in [0.4, 0.5) is 5.69 Å². The van der Waals surface area contributed by atoms with E-state index in [1.807, 2.05) is 12.1 Å². The molecule has 1 aromatic heterocycles. The van der Waals surface area contributed by atoms with Crippen LogP contribution >= 0.6 is 38.9 Å². The van der Waals surface area contributed by atoms with Crippen LogP contribution in [-0.4, -0.2) is 17.6 Å². The lowest BCUT2D eigenvalue weighted by atomic mass is 10.1. The van der Waals surface area contributed by atoms with Gasteiger partial charge in [0.2, 0.25) is 0 Å². The zero-order chi connectivity index (χ0) is 13.8. The predicted molar refractivity (Wildman–Crippen MR) is 82.6 cm³/mol. The number of halogens is 2. The summed E-state index contributed by atoms with van der Waals surface area (Å²) in [5.41, 5.74) is 0.785. The van der Waals surface area contributed by atoms with E-state index in [0.717, 1.165) is 10.2 Å². The molecule has 1 aromatic carbocycles. The monoisotopic (exact) mass is 359 g/mol. The number of carbonyl (C=O) groups is 1. The second-order valence-electron chi connectivity index (χ2n) is 3.88. The molecule has 0 spiro atoms. The third kappa shape index (κ3) is 3.96. The summed E-state index contributed by atoms with van der Waals surface area (Å²) >= 11 is 11.0. The van der Waals surface area contributed by atoms with E-state index in [2.05, 4.69) is 21.2 Å². The van der Waals surface area contributed by atoms with Crippen LogP contribution in [0, 0.1) is 0 Å². The molecule has 19 heavy (non-hydrogen) atoms. The van der Waals surface area contributed by atoms with Gasteiger partial charge in [-0.2, -0.15) is 0 Å². The van der Waals surface area contributed by atoms with Gasteiger partial charge in [-0.3, -0.25) is 0 Å². The van der Waals surface area contributed by atoms with Crippen molar-refractivity contribution in [1.29, 1.82) is 0 Å². The number of thiophene rings is 1. The maximum absolute atomic E-state index is 11.1. The number of aromatic carboxylic acids is 1. The molecule has 0 radical (unpaired) electrons. The molecule has 0 unspecified atom stereocenters. The van der Waals surface area contributed by atoms with Crippen LogP contribution in [0.3, 0.4) is 0 Å². The Morgan fingerprint density at radius 3 is 2.79 bits per heavy atom. The molecule has 0 amide bonds. The van der Waals surface area contributed by atoms with Crippen LogP contribution in [0.2, 0.25) is 5.02 Å². The van der Waals surface area contributed by atoms with E-state index in [1.54, 1.807) is 23.5 Å². The van der Waals surface area contributed by atoms with Crippen LogP contribution in [0.15, 0.2) is 34.1 Å². The van der Waals surface area contributed by atoms with Crippen molar-refractivity contribution in [1.82, 2.24) is 0 Å². The smallest absolute Gasteiger partial charge is 0.337 e. The van der Waals surface area contributed by atoms with E-state index in [9.17, 15) is 4.79 Å². The lowest BCUT2D eigenvalue weighted by molar-refractivity contribution is 0.0698. The number of nitrogens with one attached hydrogen (secondary N) is 1. The van der Waals surface area contributed by atoms with Gasteiger partial charge in [0.15, 0.2) is 0 Å². The summed E-state index contributed by atoms with van der Waals surface area (Å²) in [6.45, 7) is 0.660. The van der Waals surface area contributed by atoms with Gasteiger partial charge in [-0.1, -0.05) is 11.6 Å². The lowest BCUT2D eigenvalue weighted by Crippen LogP contribution is -2.09. The highest BCUT2D eigenvalue weighted by Crippen LogP contribution is 2.24. The molecule has 0 aliphatic carbocycles. The predicted octanol–water partition coefficient (Wildman–Crippen LogP) is 4.52. The van der Waals surface area contributed by atoms with Crippen LogP contribution in [-0.2, 0) is 6.42 Å². The Hall–Kier alpha value is -1.04. The molecule has 2 aromatic rings. The molecule has 100 valence electrons. The van der Waals surface area contributed by atoms with Crippen molar-refractivity contribution in [3.8, 4) is 0 Å². The first kappa shape index (κ1) is 14.4. The van der Waals surface area contributed by atoms with Gasteiger partial charge >= 0.3 is 5.97 Å². The Balaban J connectivity index is 2.02. The minimum Gasteiger partial charge on any atom is -0.478 e. The topological polar surface area (TPSA) is 49.3 Å². The fraction of sp³-hybridized carbons (Fsp3) is 0.154. The second-order valence-corrected chi connectivity index (χ2v) is 6.86. The standard InChI is InChI=1S/C13H11BrClNO2S/c14-12-4-2-9(19-12)5-6-16-11-7-8(15)1-3-10(11)13(17)18/h1-4,7,16H,5-6H2,(H,17,18). The van der Waals surface area contributed by atoms with E-state index >= 15 is 0 Å². The first-order valence-corrected chi connectivity index (χ1v) is 7.56. The van der Waals surface area contributed by atoms with Crippen molar-refractivity contribution in [2.75, 3.05) is 11.9 Å². The fourth-order valence-corrected chi connectivity index (χ4v) is 3.31. The number of hydrogen-bond acceptors (Lipinski definition) is 3. The van der Waals surface area contributed by atoms with Gasteiger partial charge in [0.05, 0.1) is 15.0 Å². The third-order valence-corrected chi connectivity index (χ3v) is 4.45. The molecular formula is C13H11BrClNO2S. The van der Waals surface area contributed by atoms with Crippen LogP contribution in [0.1, 0.15) is 15.2 Å². The number of hydrogen-bond donors (Lipinski definition) is 2. The van der Waals surface area contributed by atoms with Gasteiger partial charge in [0, 0.05) is 16.4 Å². The minimum atomic E-state index is -0.960. The zero-order valence-corrected chi connectivity index (χ0v) is 13.0. The molecule has 1 heterocycles. The highest BCUT2D eigenvalue weighted by molar-refractivity contribution is 9.11. The number of anilines is 1. The molecule has 6 heteroatoms. The van der Waals surface area contributed by atoms with Crippen LogP contribution in [0.5, 0.6) is 0 Å². The largest absolute Gasteiger partial charge is 0.478 e. The molecular weight excluding hydrogens is 350 g/mol. The maximum Gasteiger partial charge on any atom is 0.337 e. The van der Waals surface area contributed by atoms with E-state index in [-0.39, 0.29) is 5.56 Å². The third-order valence-electron chi connectivity index (χ3n) is 2.53. The highest BCUT2D eigenvalue weighted by Gasteiger charge is 2.10. The van der Waals surface area contributed by atoms with Crippen LogP contribution in [0.25, 0.3) is 0 Å². The number of benzene rings is 1. The van der Waals surface area contributed by atoms with Gasteiger partial charge in [0.25, 0.3) is 0 Å². The van der Waals surface area contributed by atoms with Gasteiger partial charge in [-0.25, -0.2) is 4.79 Å². The molecule has 2 N–H and O–H groups in total. The summed E-state index contributed by atoms with van der Waals surface area (Å²) in [5, 5.41) is 12.7.